The molecular formula is C23H26N4O3S. The van der Waals surface area contributed by atoms with Crippen molar-refractivity contribution in [2.75, 3.05) is 35.9 Å². The zero-order chi connectivity index (χ0) is 22.0. The van der Waals surface area contributed by atoms with Crippen LogP contribution in [0, 0.1) is 20.8 Å². The van der Waals surface area contributed by atoms with Gasteiger partial charge in [-0.2, -0.15) is 0 Å². The van der Waals surface area contributed by atoms with Gasteiger partial charge in [-0.15, -0.1) is 10.2 Å². The van der Waals surface area contributed by atoms with Gasteiger partial charge in [-0.25, -0.2) is 8.42 Å². The molecule has 2 heterocycles. The first-order valence-electron chi connectivity index (χ1n) is 10.2. The number of morpholine rings is 1. The molecule has 1 saturated heterocycles. The second-order valence-corrected chi connectivity index (χ2v) is 9.41. The maximum atomic E-state index is 13.0. The Bertz CT molecular complexity index is 1150. The van der Waals surface area contributed by atoms with E-state index in [1.54, 1.807) is 12.1 Å². The number of sulfonamides is 1. The van der Waals surface area contributed by atoms with Gasteiger partial charge in [-0.3, -0.25) is 4.72 Å². The SMILES string of the molecule is Cc1cc(C)c(S(=O)(=O)Nc2ccc(-c3ccc(N4CCOCC4)nn3)cc2)c(C)c1. The van der Waals surface area contributed by atoms with Crippen LogP contribution in [-0.4, -0.2) is 44.9 Å². The highest BCUT2D eigenvalue weighted by Crippen LogP contribution is 2.26. The summed E-state index contributed by atoms with van der Waals surface area (Å²) in [5, 5.41) is 8.67. The molecule has 0 saturated carbocycles. The minimum Gasteiger partial charge on any atom is -0.378 e. The van der Waals surface area contributed by atoms with E-state index in [0.29, 0.717) is 23.8 Å². The van der Waals surface area contributed by atoms with Crippen LogP contribution in [0.1, 0.15) is 16.7 Å². The maximum absolute atomic E-state index is 13.0. The summed E-state index contributed by atoms with van der Waals surface area (Å²) >= 11 is 0. The molecule has 0 atom stereocenters. The number of aryl methyl sites for hydroxylation is 3. The molecule has 31 heavy (non-hydrogen) atoms. The summed E-state index contributed by atoms with van der Waals surface area (Å²) in [4.78, 5) is 2.47. The van der Waals surface area contributed by atoms with E-state index in [0.717, 1.165) is 46.9 Å². The fourth-order valence-corrected chi connectivity index (χ4v) is 5.46. The standard InChI is InChI=1S/C23H26N4O3S/c1-16-14-17(2)23(18(3)15-16)31(28,29)26-20-6-4-19(5-7-20)21-8-9-22(25-24-21)27-10-12-30-13-11-27/h4-9,14-15,26H,10-13H2,1-3H3. The fourth-order valence-electron chi connectivity index (χ4n) is 3.95. The van der Waals surface area contributed by atoms with E-state index in [-0.39, 0.29) is 0 Å². The quantitative estimate of drug-likeness (QED) is 0.654. The molecule has 1 fully saturated rings. The summed E-state index contributed by atoms with van der Waals surface area (Å²) in [7, 11) is -3.68. The maximum Gasteiger partial charge on any atom is 0.262 e. The molecule has 7 nitrogen and oxygen atoms in total. The first kappa shape index (κ1) is 21.3. The monoisotopic (exact) mass is 438 g/mol. The van der Waals surface area contributed by atoms with Crippen LogP contribution in [0.2, 0.25) is 0 Å². The molecule has 0 aliphatic carbocycles. The highest BCUT2D eigenvalue weighted by atomic mass is 32.2. The second-order valence-electron chi connectivity index (χ2n) is 7.79. The van der Waals surface area contributed by atoms with Gasteiger partial charge >= 0.3 is 0 Å². The van der Waals surface area contributed by atoms with Crippen LogP contribution in [-0.2, 0) is 14.8 Å². The average molecular weight is 439 g/mol. The fraction of sp³-hybridized carbons (Fsp3) is 0.304. The van der Waals surface area contributed by atoms with Crippen molar-refractivity contribution < 1.29 is 13.2 Å². The summed E-state index contributed by atoms with van der Waals surface area (Å²) in [6.07, 6.45) is 0. The lowest BCUT2D eigenvalue weighted by atomic mass is 10.1. The molecule has 1 N–H and O–H groups in total. The lowest BCUT2D eigenvalue weighted by Gasteiger charge is -2.27. The molecule has 0 radical (unpaired) electrons. The number of anilines is 2. The Balaban J connectivity index is 1.51. The van der Waals surface area contributed by atoms with Crippen LogP contribution in [0.3, 0.4) is 0 Å². The predicted octanol–water partition coefficient (Wildman–Crippen LogP) is 3.71. The zero-order valence-electron chi connectivity index (χ0n) is 17.9. The van der Waals surface area contributed by atoms with Gasteiger partial charge in [-0.1, -0.05) is 29.8 Å². The predicted molar refractivity (Wildman–Crippen MR) is 122 cm³/mol. The molecule has 0 amide bonds. The summed E-state index contributed by atoms with van der Waals surface area (Å²) in [6, 6.07) is 14.8. The normalized spacial score (nSPS) is 14.5. The van der Waals surface area contributed by atoms with E-state index in [4.69, 9.17) is 4.74 Å². The summed E-state index contributed by atoms with van der Waals surface area (Å²) < 4.78 is 34.0. The first-order valence-corrected chi connectivity index (χ1v) is 11.7. The Labute approximate surface area is 183 Å². The lowest BCUT2D eigenvalue weighted by molar-refractivity contribution is 0.122. The molecule has 8 heteroatoms. The van der Waals surface area contributed by atoms with Crippen LogP contribution >= 0.6 is 0 Å². The molecular weight excluding hydrogens is 412 g/mol. The van der Waals surface area contributed by atoms with Crippen molar-refractivity contribution in [1.29, 1.82) is 0 Å². The molecule has 1 aliphatic heterocycles. The van der Waals surface area contributed by atoms with Crippen molar-refractivity contribution in [2.45, 2.75) is 25.7 Å². The topological polar surface area (TPSA) is 84.4 Å². The molecule has 4 rings (SSSR count). The van der Waals surface area contributed by atoms with E-state index >= 15 is 0 Å². The highest BCUT2D eigenvalue weighted by Gasteiger charge is 2.20. The third-order valence-corrected chi connectivity index (χ3v) is 6.98. The number of rotatable bonds is 5. The summed E-state index contributed by atoms with van der Waals surface area (Å²) in [5.74, 6) is 0.834. The number of nitrogens with one attached hydrogen (secondary N) is 1. The van der Waals surface area contributed by atoms with Crippen LogP contribution in [0.25, 0.3) is 11.3 Å². The van der Waals surface area contributed by atoms with Gasteiger partial charge in [-0.05, 0) is 56.2 Å². The molecule has 2 aromatic carbocycles. The van der Waals surface area contributed by atoms with E-state index in [2.05, 4.69) is 19.8 Å². The number of hydrogen-bond acceptors (Lipinski definition) is 6. The minimum absolute atomic E-state index is 0.326. The second kappa shape index (κ2) is 8.64. The molecule has 162 valence electrons. The van der Waals surface area contributed by atoms with Crippen LogP contribution in [0.4, 0.5) is 11.5 Å². The van der Waals surface area contributed by atoms with Gasteiger partial charge in [0.05, 0.1) is 23.8 Å². The van der Waals surface area contributed by atoms with E-state index < -0.39 is 10.0 Å². The smallest absolute Gasteiger partial charge is 0.262 e. The molecule has 1 aromatic heterocycles. The van der Waals surface area contributed by atoms with E-state index in [1.165, 1.54) is 0 Å². The third kappa shape index (κ3) is 4.70. The largest absolute Gasteiger partial charge is 0.378 e. The van der Waals surface area contributed by atoms with Crippen molar-refractivity contribution in [3.8, 4) is 11.3 Å². The average Bonchev–Trinajstić information content (AvgIpc) is 2.74. The Morgan fingerprint density at radius 2 is 1.55 bits per heavy atom. The lowest BCUT2D eigenvalue weighted by Crippen LogP contribution is -2.36. The Morgan fingerprint density at radius 1 is 0.903 bits per heavy atom. The zero-order valence-corrected chi connectivity index (χ0v) is 18.7. The molecule has 0 bridgehead atoms. The van der Waals surface area contributed by atoms with Crippen LogP contribution in [0.5, 0.6) is 0 Å². The highest BCUT2D eigenvalue weighted by molar-refractivity contribution is 7.92. The van der Waals surface area contributed by atoms with Gasteiger partial charge in [0.15, 0.2) is 5.82 Å². The van der Waals surface area contributed by atoms with Crippen molar-refractivity contribution >= 4 is 21.5 Å². The Kier molecular flexibility index (Phi) is 5.93. The number of benzene rings is 2. The van der Waals surface area contributed by atoms with Gasteiger partial charge in [0, 0.05) is 24.3 Å². The van der Waals surface area contributed by atoms with Crippen molar-refractivity contribution in [3.05, 3.63) is 65.2 Å². The van der Waals surface area contributed by atoms with E-state index in [9.17, 15) is 8.42 Å². The van der Waals surface area contributed by atoms with Gasteiger partial charge < -0.3 is 9.64 Å². The number of hydrogen-bond donors (Lipinski definition) is 1. The molecule has 0 unspecified atom stereocenters. The first-order chi connectivity index (χ1) is 14.8. The van der Waals surface area contributed by atoms with Gasteiger partial charge in [0.25, 0.3) is 10.0 Å². The van der Waals surface area contributed by atoms with Gasteiger partial charge in [0.2, 0.25) is 0 Å². The molecule has 3 aromatic rings. The summed E-state index contributed by atoms with van der Waals surface area (Å²) in [6.45, 7) is 8.60. The van der Waals surface area contributed by atoms with Crippen LogP contribution < -0.4 is 9.62 Å². The molecule has 0 spiro atoms. The number of ether oxygens (including phenoxy) is 1. The van der Waals surface area contributed by atoms with Crippen LogP contribution in [0.15, 0.2) is 53.4 Å². The Hall–Kier alpha value is -2.97. The molecule has 1 aliphatic rings. The van der Waals surface area contributed by atoms with Crippen molar-refractivity contribution in [2.24, 2.45) is 0 Å². The minimum atomic E-state index is -3.68. The van der Waals surface area contributed by atoms with Gasteiger partial charge in [0.1, 0.15) is 0 Å². The van der Waals surface area contributed by atoms with Crippen molar-refractivity contribution in [3.63, 3.8) is 0 Å². The number of aromatic nitrogens is 2. The Morgan fingerprint density at radius 3 is 2.13 bits per heavy atom. The van der Waals surface area contributed by atoms with E-state index in [1.807, 2.05) is 57.2 Å². The number of nitrogens with zero attached hydrogens (tertiary/aromatic N) is 3. The third-order valence-electron chi connectivity index (χ3n) is 5.29. The summed E-state index contributed by atoms with van der Waals surface area (Å²) in [5.41, 5.74) is 4.61. The van der Waals surface area contributed by atoms with Crippen molar-refractivity contribution in [1.82, 2.24) is 10.2 Å².